The van der Waals surface area contributed by atoms with Gasteiger partial charge in [-0.1, -0.05) is 30.3 Å². The molecule has 2 nitrogen and oxygen atoms in total. The van der Waals surface area contributed by atoms with Crippen LogP contribution in [0.25, 0.3) is 0 Å². The van der Waals surface area contributed by atoms with Crippen LogP contribution in [0.1, 0.15) is 18.4 Å². The fourth-order valence-corrected chi connectivity index (χ4v) is 1.74. The van der Waals surface area contributed by atoms with E-state index in [0.717, 1.165) is 0 Å². The van der Waals surface area contributed by atoms with Crippen LogP contribution < -0.4 is 4.74 Å². The zero-order chi connectivity index (χ0) is 16.4. The smallest absolute Gasteiger partial charge is 0.318 e. The van der Waals surface area contributed by atoms with E-state index in [0.29, 0.717) is 5.56 Å². The zero-order valence-electron chi connectivity index (χ0n) is 11.2. The maximum absolute atomic E-state index is 13.4. The zero-order valence-corrected chi connectivity index (χ0v) is 11.2. The number of hydrogen-bond acceptors (Lipinski definition) is 2. The van der Waals surface area contributed by atoms with E-state index in [4.69, 9.17) is 0 Å². The van der Waals surface area contributed by atoms with Crippen LogP contribution in [0.15, 0.2) is 30.3 Å². The Labute approximate surface area is 122 Å². The molecule has 0 radical (unpaired) electrons. The summed E-state index contributed by atoms with van der Waals surface area (Å²) in [6, 6.07) is 8.05. The summed E-state index contributed by atoms with van der Waals surface area (Å²) in [5.74, 6) is -14.7. The van der Waals surface area contributed by atoms with Crippen molar-refractivity contribution in [2.75, 3.05) is 0 Å². The third-order valence-electron chi connectivity index (χ3n) is 3.03. The molecule has 0 aliphatic carbocycles. The van der Waals surface area contributed by atoms with Crippen molar-refractivity contribution in [1.82, 2.24) is 0 Å². The molecule has 0 saturated heterocycles. The van der Waals surface area contributed by atoms with Gasteiger partial charge in [-0.2, -0.15) is 8.78 Å². The lowest BCUT2D eigenvalue weighted by Gasteiger charge is -2.13. The summed E-state index contributed by atoms with van der Waals surface area (Å²) >= 11 is 0. The average Bonchev–Trinajstić information content (AvgIpc) is 2.55. The second-order valence-electron chi connectivity index (χ2n) is 4.45. The largest absolute Gasteiger partial charge is 0.420 e. The molecule has 0 unspecified atom stereocenters. The molecule has 0 aromatic heterocycles. The molecule has 0 aliphatic heterocycles. The molecule has 0 spiro atoms. The van der Waals surface area contributed by atoms with Crippen molar-refractivity contribution in [3.05, 3.63) is 65.0 Å². The normalized spacial score (nSPS) is 12.1. The van der Waals surface area contributed by atoms with E-state index < -0.39 is 46.7 Å². The molecular weight excluding hydrogens is 307 g/mol. The number of carbonyl (C=O) groups is 1. The number of halogens is 5. The third kappa shape index (κ3) is 2.79. The van der Waals surface area contributed by atoms with Crippen LogP contribution in [0.5, 0.6) is 5.75 Å². The lowest BCUT2D eigenvalue weighted by Crippen LogP contribution is -2.19. The van der Waals surface area contributed by atoms with E-state index in [1.807, 2.05) is 0 Å². The topological polar surface area (TPSA) is 26.3 Å². The average molecular weight is 316 g/mol. The Morgan fingerprint density at radius 1 is 0.864 bits per heavy atom. The van der Waals surface area contributed by atoms with Crippen molar-refractivity contribution in [2.45, 2.75) is 12.8 Å². The van der Waals surface area contributed by atoms with Crippen molar-refractivity contribution in [3.63, 3.8) is 0 Å². The summed E-state index contributed by atoms with van der Waals surface area (Å²) < 4.78 is 70.2. The van der Waals surface area contributed by atoms with Crippen molar-refractivity contribution in [2.24, 2.45) is 0 Å². The van der Waals surface area contributed by atoms with Gasteiger partial charge in [-0.05, 0) is 12.5 Å². The Morgan fingerprint density at radius 2 is 1.32 bits per heavy atom. The molecule has 0 aliphatic rings. The van der Waals surface area contributed by atoms with Crippen LogP contribution in [0, 0.1) is 29.1 Å². The predicted molar refractivity (Wildman–Crippen MR) is 66.7 cm³/mol. The van der Waals surface area contributed by atoms with Gasteiger partial charge < -0.3 is 4.74 Å². The van der Waals surface area contributed by atoms with Gasteiger partial charge in [0, 0.05) is 0 Å². The van der Waals surface area contributed by atoms with Gasteiger partial charge in [-0.15, -0.1) is 0 Å². The first kappa shape index (κ1) is 15.9. The maximum atomic E-state index is 13.4. The van der Waals surface area contributed by atoms with Gasteiger partial charge in [-0.3, -0.25) is 4.79 Å². The molecule has 2 aromatic carbocycles. The van der Waals surface area contributed by atoms with E-state index in [1.165, 1.54) is 6.92 Å². The van der Waals surface area contributed by atoms with E-state index >= 15 is 0 Å². The summed E-state index contributed by atoms with van der Waals surface area (Å²) in [5, 5.41) is 0. The van der Waals surface area contributed by atoms with Gasteiger partial charge >= 0.3 is 5.97 Å². The number of benzene rings is 2. The molecule has 116 valence electrons. The van der Waals surface area contributed by atoms with Gasteiger partial charge in [0.1, 0.15) is 0 Å². The lowest BCUT2D eigenvalue weighted by atomic mass is 10.0. The van der Waals surface area contributed by atoms with Gasteiger partial charge in [0.15, 0.2) is 0 Å². The van der Waals surface area contributed by atoms with E-state index in [2.05, 4.69) is 4.74 Å². The minimum absolute atomic E-state index is 0.469. The monoisotopic (exact) mass is 316 g/mol. The van der Waals surface area contributed by atoms with Crippen molar-refractivity contribution >= 4 is 5.97 Å². The predicted octanol–water partition coefficient (Wildman–Crippen LogP) is 4.09. The maximum Gasteiger partial charge on any atom is 0.318 e. The van der Waals surface area contributed by atoms with E-state index in [9.17, 15) is 26.7 Å². The van der Waals surface area contributed by atoms with Gasteiger partial charge in [0.25, 0.3) is 0 Å². The fourth-order valence-electron chi connectivity index (χ4n) is 1.74. The van der Waals surface area contributed by atoms with Crippen molar-refractivity contribution in [3.8, 4) is 5.75 Å². The molecule has 0 N–H and O–H groups in total. The molecule has 0 bridgehead atoms. The fraction of sp³-hybridized carbons (Fsp3) is 0.133. The van der Waals surface area contributed by atoms with Gasteiger partial charge in [-0.25, -0.2) is 13.2 Å². The van der Waals surface area contributed by atoms with Crippen molar-refractivity contribution < 1.29 is 31.5 Å². The molecule has 2 aromatic rings. The second-order valence-corrected chi connectivity index (χ2v) is 4.45. The van der Waals surface area contributed by atoms with Crippen LogP contribution >= 0.6 is 0 Å². The Kier molecular flexibility index (Phi) is 4.44. The molecule has 0 heterocycles. The second kappa shape index (κ2) is 6.13. The number of ether oxygens (including phenoxy) is 1. The van der Waals surface area contributed by atoms with Crippen molar-refractivity contribution in [1.29, 1.82) is 0 Å². The standard InChI is InChI=1S/C15H9F5O2/c1-7(8-5-3-2-4-6-8)15(21)22-14-12(19)10(17)9(16)11(18)13(14)20/h2-7H,1H3/t7-/m0/s1. The number of esters is 1. The van der Waals surface area contributed by atoms with E-state index in [-0.39, 0.29) is 0 Å². The highest BCUT2D eigenvalue weighted by Gasteiger charge is 2.29. The molecule has 0 saturated carbocycles. The van der Waals surface area contributed by atoms with Crippen LogP contribution in [-0.2, 0) is 4.79 Å². The molecule has 7 heteroatoms. The minimum Gasteiger partial charge on any atom is -0.420 e. The Balaban J connectivity index is 2.34. The Bertz CT molecular complexity index is 687. The van der Waals surface area contributed by atoms with Crippen LogP contribution in [0.4, 0.5) is 22.0 Å². The highest BCUT2D eigenvalue weighted by molar-refractivity contribution is 5.80. The quantitative estimate of drug-likeness (QED) is 0.280. The minimum atomic E-state index is -2.31. The summed E-state index contributed by atoms with van der Waals surface area (Å²) in [6.07, 6.45) is 0. The van der Waals surface area contributed by atoms with Crippen LogP contribution in [-0.4, -0.2) is 5.97 Å². The highest BCUT2D eigenvalue weighted by Crippen LogP contribution is 2.30. The Morgan fingerprint density at radius 3 is 1.82 bits per heavy atom. The number of carbonyl (C=O) groups excluding carboxylic acids is 1. The van der Waals surface area contributed by atoms with E-state index in [1.54, 1.807) is 30.3 Å². The third-order valence-corrected chi connectivity index (χ3v) is 3.03. The first-order chi connectivity index (χ1) is 10.3. The van der Waals surface area contributed by atoms with Crippen LogP contribution in [0.3, 0.4) is 0 Å². The lowest BCUT2D eigenvalue weighted by molar-refractivity contribution is -0.136. The summed E-state index contributed by atoms with van der Waals surface area (Å²) in [5.41, 5.74) is 0.469. The molecular formula is C15H9F5O2. The van der Waals surface area contributed by atoms with Gasteiger partial charge in [0.2, 0.25) is 34.8 Å². The summed E-state index contributed by atoms with van der Waals surface area (Å²) in [4.78, 5) is 11.8. The summed E-state index contributed by atoms with van der Waals surface area (Å²) in [6.45, 7) is 1.38. The SMILES string of the molecule is C[C@H](C(=O)Oc1c(F)c(F)c(F)c(F)c1F)c1ccccc1. The molecule has 22 heavy (non-hydrogen) atoms. The summed E-state index contributed by atoms with van der Waals surface area (Å²) in [7, 11) is 0. The number of rotatable bonds is 3. The Hall–Kier alpha value is -2.44. The molecule has 0 fully saturated rings. The first-order valence-electron chi connectivity index (χ1n) is 6.12. The molecule has 1 atom stereocenters. The molecule has 2 rings (SSSR count). The number of hydrogen-bond donors (Lipinski definition) is 0. The van der Waals surface area contributed by atoms with Crippen LogP contribution in [0.2, 0.25) is 0 Å². The highest BCUT2D eigenvalue weighted by atomic mass is 19.2. The first-order valence-corrected chi connectivity index (χ1v) is 6.12. The molecule has 0 amide bonds. The van der Waals surface area contributed by atoms with Gasteiger partial charge in [0.05, 0.1) is 5.92 Å².